The summed E-state index contributed by atoms with van der Waals surface area (Å²) in [6.45, 7) is 4.54. The van der Waals surface area contributed by atoms with Gasteiger partial charge in [-0.1, -0.05) is 6.92 Å². The van der Waals surface area contributed by atoms with Crippen LogP contribution >= 0.6 is 27.3 Å². The summed E-state index contributed by atoms with van der Waals surface area (Å²) in [5.41, 5.74) is 0.662. The average molecular weight is 361 g/mol. The van der Waals surface area contributed by atoms with E-state index in [0.717, 1.165) is 11.4 Å². The van der Waals surface area contributed by atoms with E-state index in [1.54, 1.807) is 0 Å². The van der Waals surface area contributed by atoms with Gasteiger partial charge in [0, 0.05) is 10.9 Å². The van der Waals surface area contributed by atoms with Crippen LogP contribution in [0.15, 0.2) is 22.0 Å². The van der Waals surface area contributed by atoms with Crippen molar-refractivity contribution < 1.29 is 8.78 Å². The van der Waals surface area contributed by atoms with Crippen molar-refractivity contribution in [2.75, 3.05) is 6.54 Å². The van der Waals surface area contributed by atoms with Crippen molar-refractivity contribution in [1.82, 2.24) is 10.3 Å². The molecule has 108 valence electrons. The van der Waals surface area contributed by atoms with E-state index in [1.165, 1.54) is 23.5 Å². The first kappa shape index (κ1) is 15.5. The third-order valence-electron chi connectivity index (χ3n) is 2.90. The lowest BCUT2D eigenvalue weighted by Crippen LogP contribution is -2.25. The fraction of sp³-hybridized carbons (Fsp3) is 0.357. The van der Waals surface area contributed by atoms with Crippen molar-refractivity contribution in [3.05, 3.63) is 49.9 Å². The molecule has 0 aliphatic carbocycles. The Bertz CT molecular complexity index is 601. The van der Waals surface area contributed by atoms with Crippen LogP contribution in [0.4, 0.5) is 8.78 Å². The Morgan fingerprint density at radius 1 is 1.40 bits per heavy atom. The number of halogens is 3. The largest absolute Gasteiger partial charge is 0.305 e. The first-order chi connectivity index (χ1) is 9.54. The number of nitrogens with zero attached hydrogens (tertiary/aromatic N) is 1. The van der Waals surface area contributed by atoms with Crippen LogP contribution in [-0.2, 0) is 0 Å². The fourth-order valence-corrected chi connectivity index (χ4v) is 2.95. The summed E-state index contributed by atoms with van der Waals surface area (Å²) >= 11 is 4.58. The molecule has 0 aliphatic rings. The maximum Gasteiger partial charge on any atom is 0.145 e. The predicted octanol–water partition coefficient (Wildman–Crippen LogP) is 4.58. The molecule has 0 spiro atoms. The van der Waals surface area contributed by atoms with Gasteiger partial charge in [-0.25, -0.2) is 13.8 Å². The molecule has 0 bridgehead atoms. The van der Waals surface area contributed by atoms with E-state index in [0.29, 0.717) is 12.2 Å². The molecule has 0 fully saturated rings. The molecule has 2 nitrogen and oxygen atoms in total. The number of aryl methyl sites for hydroxylation is 1. The molecule has 1 atom stereocenters. The molecule has 0 saturated heterocycles. The summed E-state index contributed by atoms with van der Waals surface area (Å²) in [5, 5.41) is 5.88. The van der Waals surface area contributed by atoms with Gasteiger partial charge < -0.3 is 5.32 Å². The number of hydrogen-bond donors (Lipinski definition) is 1. The molecule has 2 aromatic rings. The third kappa shape index (κ3) is 3.24. The molecule has 1 aromatic carbocycles. The van der Waals surface area contributed by atoms with Crippen LogP contribution in [0.5, 0.6) is 0 Å². The van der Waals surface area contributed by atoms with E-state index >= 15 is 0 Å². The Morgan fingerprint density at radius 2 is 2.15 bits per heavy atom. The van der Waals surface area contributed by atoms with Gasteiger partial charge in [-0.3, -0.25) is 0 Å². The number of nitrogens with one attached hydrogen (secondary N) is 1. The van der Waals surface area contributed by atoms with Gasteiger partial charge in [-0.05, 0) is 48.0 Å². The van der Waals surface area contributed by atoms with E-state index in [-0.39, 0.29) is 10.0 Å². The highest BCUT2D eigenvalue weighted by Crippen LogP contribution is 2.31. The van der Waals surface area contributed by atoms with E-state index in [1.807, 2.05) is 19.2 Å². The zero-order chi connectivity index (χ0) is 14.7. The molecule has 0 amide bonds. The highest BCUT2D eigenvalue weighted by molar-refractivity contribution is 9.10. The summed E-state index contributed by atoms with van der Waals surface area (Å²) in [6.07, 6.45) is 0.872. The number of aromatic nitrogens is 1. The van der Waals surface area contributed by atoms with Gasteiger partial charge in [0.05, 0.1) is 21.2 Å². The van der Waals surface area contributed by atoms with Gasteiger partial charge in [-0.2, -0.15) is 0 Å². The molecule has 1 unspecified atom stereocenters. The summed E-state index contributed by atoms with van der Waals surface area (Å²) in [5.74, 6) is -1.14. The molecule has 0 saturated carbocycles. The second-order valence-electron chi connectivity index (χ2n) is 4.44. The monoisotopic (exact) mass is 360 g/mol. The molecular formula is C14H15BrF2N2S. The quantitative estimate of drug-likeness (QED) is 0.789. The minimum atomic E-state index is -0.579. The van der Waals surface area contributed by atoms with Crippen molar-refractivity contribution in [1.29, 1.82) is 0 Å². The van der Waals surface area contributed by atoms with Crippen LogP contribution in [0.25, 0.3) is 0 Å². The number of hydrogen-bond acceptors (Lipinski definition) is 3. The summed E-state index contributed by atoms with van der Waals surface area (Å²) in [7, 11) is 0. The lowest BCUT2D eigenvalue weighted by molar-refractivity contribution is 0.496. The molecule has 0 aliphatic heterocycles. The Morgan fingerprint density at radius 3 is 2.75 bits per heavy atom. The SMILES string of the molecule is CCCNC(c1csc(C)n1)c1c(F)ccc(Br)c1F. The van der Waals surface area contributed by atoms with Crippen LogP contribution in [0, 0.1) is 18.6 Å². The smallest absolute Gasteiger partial charge is 0.145 e. The predicted molar refractivity (Wildman–Crippen MR) is 81.0 cm³/mol. The Balaban J connectivity index is 2.49. The topological polar surface area (TPSA) is 24.9 Å². The van der Waals surface area contributed by atoms with Gasteiger partial charge in [0.2, 0.25) is 0 Å². The zero-order valence-electron chi connectivity index (χ0n) is 11.2. The van der Waals surface area contributed by atoms with E-state index in [4.69, 9.17) is 0 Å². The Kier molecular flexibility index (Phi) is 5.23. The van der Waals surface area contributed by atoms with Gasteiger partial charge in [0.25, 0.3) is 0 Å². The second kappa shape index (κ2) is 6.74. The summed E-state index contributed by atoms with van der Waals surface area (Å²) < 4.78 is 28.6. The highest BCUT2D eigenvalue weighted by Gasteiger charge is 2.24. The first-order valence-electron chi connectivity index (χ1n) is 6.33. The van der Waals surface area contributed by atoms with Gasteiger partial charge >= 0.3 is 0 Å². The van der Waals surface area contributed by atoms with Crippen molar-refractivity contribution >= 4 is 27.3 Å². The molecular weight excluding hydrogens is 346 g/mol. The number of benzene rings is 1. The van der Waals surface area contributed by atoms with Crippen LogP contribution < -0.4 is 5.32 Å². The van der Waals surface area contributed by atoms with Crippen LogP contribution in [-0.4, -0.2) is 11.5 Å². The van der Waals surface area contributed by atoms with Crippen molar-refractivity contribution in [2.45, 2.75) is 26.3 Å². The number of thiazole rings is 1. The van der Waals surface area contributed by atoms with Gasteiger partial charge in [0.1, 0.15) is 11.6 Å². The van der Waals surface area contributed by atoms with Crippen molar-refractivity contribution in [3.63, 3.8) is 0 Å². The maximum atomic E-state index is 14.3. The third-order valence-corrected chi connectivity index (χ3v) is 4.30. The number of rotatable bonds is 5. The van der Waals surface area contributed by atoms with Crippen molar-refractivity contribution in [3.8, 4) is 0 Å². The van der Waals surface area contributed by atoms with Gasteiger partial charge in [0.15, 0.2) is 0 Å². The Labute approximate surface area is 129 Å². The molecule has 1 aromatic heterocycles. The highest BCUT2D eigenvalue weighted by atomic mass is 79.9. The normalized spacial score (nSPS) is 12.7. The molecule has 2 rings (SSSR count). The summed E-state index contributed by atoms with van der Waals surface area (Å²) in [4.78, 5) is 4.36. The van der Waals surface area contributed by atoms with E-state index in [9.17, 15) is 8.78 Å². The van der Waals surface area contributed by atoms with Crippen LogP contribution in [0.1, 0.15) is 35.7 Å². The van der Waals surface area contributed by atoms with E-state index < -0.39 is 17.7 Å². The van der Waals surface area contributed by atoms with Crippen LogP contribution in [0.2, 0.25) is 0 Å². The minimum Gasteiger partial charge on any atom is -0.305 e. The molecule has 6 heteroatoms. The maximum absolute atomic E-state index is 14.3. The Hall–Kier alpha value is -0.850. The first-order valence-corrected chi connectivity index (χ1v) is 8.00. The molecule has 1 N–H and O–H groups in total. The van der Waals surface area contributed by atoms with Crippen LogP contribution in [0.3, 0.4) is 0 Å². The fourth-order valence-electron chi connectivity index (χ4n) is 1.96. The lowest BCUT2D eigenvalue weighted by atomic mass is 10.0. The average Bonchev–Trinajstić information content (AvgIpc) is 2.84. The lowest BCUT2D eigenvalue weighted by Gasteiger charge is -2.19. The van der Waals surface area contributed by atoms with Crippen molar-refractivity contribution in [2.24, 2.45) is 0 Å². The minimum absolute atomic E-state index is 0.0122. The second-order valence-corrected chi connectivity index (χ2v) is 6.35. The summed E-state index contributed by atoms with van der Waals surface area (Å²) in [6, 6.07) is 2.07. The molecule has 1 heterocycles. The zero-order valence-corrected chi connectivity index (χ0v) is 13.6. The van der Waals surface area contributed by atoms with E-state index in [2.05, 4.69) is 26.2 Å². The van der Waals surface area contributed by atoms with Gasteiger partial charge in [-0.15, -0.1) is 11.3 Å². The molecule has 20 heavy (non-hydrogen) atoms. The standard InChI is InChI=1S/C14H15BrF2N2S/c1-3-6-18-14(11-7-20-8(2)19-11)12-10(16)5-4-9(15)13(12)17/h4-5,7,14,18H,3,6H2,1-2H3. The molecule has 0 radical (unpaired) electrons.